The van der Waals surface area contributed by atoms with Crippen LogP contribution in [-0.4, -0.2) is 30.4 Å². The van der Waals surface area contributed by atoms with Crippen LogP contribution in [0.5, 0.6) is 0 Å². The fourth-order valence-corrected chi connectivity index (χ4v) is 5.13. The van der Waals surface area contributed by atoms with Gasteiger partial charge in [0.25, 0.3) is 5.91 Å². The van der Waals surface area contributed by atoms with Crippen LogP contribution in [0.2, 0.25) is 0 Å². The van der Waals surface area contributed by atoms with E-state index < -0.39 is 22.9 Å². The fraction of sp³-hybridized carbons (Fsp3) is 0.269. The summed E-state index contributed by atoms with van der Waals surface area (Å²) in [6.07, 6.45) is 1.32. The van der Waals surface area contributed by atoms with E-state index in [9.17, 15) is 22.4 Å². The van der Waals surface area contributed by atoms with Gasteiger partial charge in [0.15, 0.2) is 0 Å². The van der Waals surface area contributed by atoms with Gasteiger partial charge >= 0.3 is 0 Å². The van der Waals surface area contributed by atoms with Crippen LogP contribution >= 0.6 is 0 Å². The summed E-state index contributed by atoms with van der Waals surface area (Å²) in [5.41, 5.74) is 1.80. The summed E-state index contributed by atoms with van der Waals surface area (Å²) >= 11 is 0. The molecule has 0 unspecified atom stereocenters. The summed E-state index contributed by atoms with van der Waals surface area (Å²) in [6, 6.07) is 13.5. The van der Waals surface area contributed by atoms with Crippen molar-refractivity contribution in [3.8, 4) is 0 Å². The van der Waals surface area contributed by atoms with Crippen LogP contribution in [0.3, 0.4) is 0 Å². The van der Waals surface area contributed by atoms with Gasteiger partial charge in [-0.2, -0.15) is 0 Å². The van der Waals surface area contributed by atoms with Crippen LogP contribution in [0.1, 0.15) is 34.3 Å². The van der Waals surface area contributed by atoms with Gasteiger partial charge in [-0.05, 0) is 85.6 Å². The number of fused-ring (bicyclic) bond motifs is 2. The molecular formula is C26H22F4N2O. The number of carbonyl (C=O) groups excluding carboxylic acids is 1. The summed E-state index contributed by atoms with van der Waals surface area (Å²) in [7, 11) is 0. The zero-order valence-electron chi connectivity index (χ0n) is 17.8. The van der Waals surface area contributed by atoms with Crippen molar-refractivity contribution in [2.75, 3.05) is 24.5 Å². The number of benzene rings is 3. The molecule has 1 fully saturated rings. The predicted octanol–water partition coefficient (Wildman–Crippen LogP) is 5.44. The number of carbonyl (C=O) groups is 1. The molecule has 0 saturated carbocycles. The second-order valence-corrected chi connectivity index (χ2v) is 8.90. The number of hydrogen-bond donors (Lipinski definition) is 0. The smallest absolute Gasteiger partial charge is 0.258 e. The predicted molar refractivity (Wildman–Crippen MR) is 117 cm³/mol. The minimum absolute atomic E-state index is 0.243. The van der Waals surface area contributed by atoms with Crippen molar-refractivity contribution in [3.05, 3.63) is 101 Å². The Bertz CT molecular complexity index is 1200. The number of rotatable bonds is 3. The van der Waals surface area contributed by atoms with Crippen molar-refractivity contribution in [1.82, 2.24) is 4.90 Å². The lowest BCUT2D eigenvalue weighted by molar-refractivity contribution is 0.0975. The van der Waals surface area contributed by atoms with Gasteiger partial charge in [0, 0.05) is 35.8 Å². The van der Waals surface area contributed by atoms with Crippen LogP contribution in [0.25, 0.3) is 0 Å². The molecule has 0 aromatic heterocycles. The summed E-state index contributed by atoms with van der Waals surface area (Å²) < 4.78 is 55.0. The monoisotopic (exact) mass is 454 g/mol. The van der Waals surface area contributed by atoms with Gasteiger partial charge < -0.3 is 4.90 Å². The lowest BCUT2D eigenvalue weighted by atomic mass is 9.74. The Labute approximate surface area is 189 Å². The van der Waals surface area contributed by atoms with E-state index in [4.69, 9.17) is 0 Å². The van der Waals surface area contributed by atoms with E-state index in [1.807, 2.05) is 0 Å². The molecule has 5 rings (SSSR count). The van der Waals surface area contributed by atoms with E-state index >= 15 is 0 Å². The van der Waals surface area contributed by atoms with Crippen molar-refractivity contribution in [3.63, 3.8) is 0 Å². The molecule has 1 amide bonds. The highest BCUT2D eigenvalue weighted by Crippen LogP contribution is 2.48. The van der Waals surface area contributed by atoms with Crippen molar-refractivity contribution in [1.29, 1.82) is 0 Å². The molecule has 0 aliphatic carbocycles. The molecule has 170 valence electrons. The van der Waals surface area contributed by atoms with Gasteiger partial charge in [0.05, 0.1) is 0 Å². The highest BCUT2D eigenvalue weighted by Gasteiger charge is 2.46. The molecule has 3 aromatic rings. The number of hydrogen-bond acceptors (Lipinski definition) is 2. The van der Waals surface area contributed by atoms with Crippen molar-refractivity contribution >= 4 is 11.6 Å². The number of halogens is 4. The molecule has 3 aromatic carbocycles. The van der Waals surface area contributed by atoms with E-state index in [0.29, 0.717) is 50.3 Å². The third kappa shape index (κ3) is 4.13. The van der Waals surface area contributed by atoms with Crippen molar-refractivity contribution in [2.45, 2.75) is 24.8 Å². The van der Waals surface area contributed by atoms with Gasteiger partial charge in [0.1, 0.15) is 23.3 Å². The molecule has 0 bridgehead atoms. The molecule has 0 atom stereocenters. The fourth-order valence-electron chi connectivity index (χ4n) is 5.13. The largest absolute Gasteiger partial charge is 0.307 e. The molecule has 1 saturated heterocycles. The lowest BCUT2D eigenvalue weighted by Crippen LogP contribution is -2.45. The molecule has 33 heavy (non-hydrogen) atoms. The molecule has 3 nitrogen and oxygen atoms in total. The maximum atomic E-state index is 14.2. The highest BCUT2D eigenvalue weighted by atomic mass is 19.1. The summed E-state index contributed by atoms with van der Waals surface area (Å²) in [5.74, 6) is -2.39. The first-order valence-electron chi connectivity index (χ1n) is 10.9. The molecule has 2 aliphatic heterocycles. The quantitative estimate of drug-likeness (QED) is 0.493. The maximum Gasteiger partial charge on any atom is 0.258 e. The van der Waals surface area contributed by atoms with Crippen LogP contribution in [0.15, 0.2) is 60.7 Å². The SMILES string of the molecule is O=C(c1cccc(F)c1)N1CC2(CCN(Cc3cc(F)cc(F)c3)CC2)c2cc(F)ccc21. The van der Waals surface area contributed by atoms with E-state index in [1.54, 1.807) is 17.0 Å². The molecule has 2 heterocycles. The van der Waals surface area contributed by atoms with E-state index in [2.05, 4.69) is 4.90 Å². The summed E-state index contributed by atoms with van der Waals surface area (Å²) in [6.45, 7) is 2.06. The molecule has 0 radical (unpaired) electrons. The first kappa shape index (κ1) is 21.6. The number of piperidine rings is 1. The van der Waals surface area contributed by atoms with Crippen LogP contribution in [0, 0.1) is 23.3 Å². The Morgan fingerprint density at radius 1 is 0.818 bits per heavy atom. The Kier molecular flexibility index (Phi) is 5.44. The molecule has 7 heteroatoms. The standard InChI is InChI=1S/C26H22F4N2O/c27-19-3-1-2-18(12-19)25(33)32-16-26(23-14-20(28)4-5-24(23)32)6-8-31(9-7-26)15-17-10-21(29)13-22(30)11-17/h1-5,10-14H,6-9,15-16H2. The second kappa shape index (κ2) is 8.30. The van der Waals surface area contributed by atoms with E-state index in [0.717, 1.165) is 11.6 Å². The Morgan fingerprint density at radius 3 is 2.21 bits per heavy atom. The maximum absolute atomic E-state index is 14.2. The minimum Gasteiger partial charge on any atom is -0.307 e. The minimum atomic E-state index is -0.606. The summed E-state index contributed by atoms with van der Waals surface area (Å²) in [5, 5.41) is 0. The first-order valence-corrected chi connectivity index (χ1v) is 10.9. The Hall–Kier alpha value is -3.19. The zero-order valence-corrected chi connectivity index (χ0v) is 17.8. The third-order valence-electron chi connectivity index (χ3n) is 6.74. The average Bonchev–Trinajstić information content (AvgIpc) is 3.07. The topological polar surface area (TPSA) is 23.6 Å². The number of anilines is 1. The van der Waals surface area contributed by atoms with Crippen LogP contribution in [-0.2, 0) is 12.0 Å². The van der Waals surface area contributed by atoms with Crippen molar-refractivity contribution < 1.29 is 22.4 Å². The normalized spacial score (nSPS) is 17.4. The number of amides is 1. The Morgan fingerprint density at radius 2 is 1.52 bits per heavy atom. The van der Waals surface area contributed by atoms with Crippen LogP contribution in [0.4, 0.5) is 23.2 Å². The Balaban J connectivity index is 1.39. The summed E-state index contributed by atoms with van der Waals surface area (Å²) in [4.78, 5) is 16.9. The average molecular weight is 454 g/mol. The number of nitrogens with zero attached hydrogens (tertiary/aromatic N) is 2. The zero-order chi connectivity index (χ0) is 23.2. The van der Waals surface area contributed by atoms with E-state index in [-0.39, 0.29) is 17.3 Å². The highest BCUT2D eigenvalue weighted by molar-refractivity contribution is 6.07. The molecule has 2 aliphatic rings. The lowest BCUT2D eigenvalue weighted by Gasteiger charge is -2.40. The molecule has 0 N–H and O–H groups in total. The van der Waals surface area contributed by atoms with Gasteiger partial charge in [-0.3, -0.25) is 9.69 Å². The van der Waals surface area contributed by atoms with Crippen LogP contribution < -0.4 is 4.90 Å². The van der Waals surface area contributed by atoms with Gasteiger partial charge in [-0.15, -0.1) is 0 Å². The van der Waals surface area contributed by atoms with Crippen molar-refractivity contribution in [2.24, 2.45) is 0 Å². The second-order valence-electron chi connectivity index (χ2n) is 8.90. The third-order valence-corrected chi connectivity index (χ3v) is 6.74. The molecule has 1 spiro atoms. The van der Waals surface area contributed by atoms with Gasteiger partial charge in [-0.25, -0.2) is 17.6 Å². The molecular weight excluding hydrogens is 432 g/mol. The number of likely N-dealkylation sites (tertiary alicyclic amines) is 1. The van der Waals surface area contributed by atoms with Gasteiger partial charge in [0.2, 0.25) is 0 Å². The van der Waals surface area contributed by atoms with E-state index in [1.165, 1.54) is 42.5 Å². The van der Waals surface area contributed by atoms with Gasteiger partial charge in [-0.1, -0.05) is 6.07 Å². The first-order chi connectivity index (χ1) is 15.8.